The van der Waals surface area contributed by atoms with E-state index in [9.17, 15) is 4.79 Å². The van der Waals surface area contributed by atoms with Gasteiger partial charge >= 0.3 is 0 Å². The van der Waals surface area contributed by atoms with Crippen molar-refractivity contribution in [1.29, 1.82) is 0 Å². The summed E-state index contributed by atoms with van der Waals surface area (Å²) in [5.74, 6) is 1.62. The summed E-state index contributed by atoms with van der Waals surface area (Å²) in [6, 6.07) is 8.06. The van der Waals surface area contributed by atoms with Crippen molar-refractivity contribution >= 4 is 11.9 Å². The Bertz CT molecular complexity index is 564. The van der Waals surface area contributed by atoms with Crippen LogP contribution in [0.5, 0.6) is 0 Å². The Morgan fingerprint density at radius 3 is 2.31 bits per heavy atom. The Labute approximate surface area is 159 Å². The standard InChI is InChI=1S/C21H36N4O/c1-7-22-21(24-17(4)10-8-9-16(2)3)23-15-18-11-13-19(14-12-18)20(26)25(5)6/h11-14,16-17H,7-10,15H2,1-6H3,(H2,22,23,24). The highest BCUT2D eigenvalue weighted by Gasteiger charge is 2.08. The highest BCUT2D eigenvalue weighted by atomic mass is 16.2. The molecule has 1 aromatic rings. The van der Waals surface area contributed by atoms with Gasteiger partial charge in [-0.1, -0.05) is 38.8 Å². The number of carbonyl (C=O) groups is 1. The van der Waals surface area contributed by atoms with Crippen LogP contribution in [0.1, 0.15) is 62.9 Å². The van der Waals surface area contributed by atoms with Gasteiger partial charge in [0.05, 0.1) is 6.54 Å². The lowest BCUT2D eigenvalue weighted by Crippen LogP contribution is -2.42. The summed E-state index contributed by atoms with van der Waals surface area (Å²) in [5, 5.41) is 6.79. The molecule has 0 fully saturated rings. The van der Waals surface area contributed by atoms with Crippen LogP contribution in [0.4, 0.5) is 0 Å². The first kappa shape index (κ1) is 22.0. The van der Waals surface area contributed by atoms with Crippen LogP contribution in [-0.4, -0.2) is 43.4 Å². The molecule has 1 atom stereocenters. The zero-order chi connectivity index (χ0) is 19.5. The maximum atomic E-state index is 11.9. The van der Waals surface area contributed by atoms with Crippen LogP contribution >= 0.6 is 0 Å². The fourth-order valence-electron chi connectivity index (χ4n) is 2.64. The van der Waals surface area contributed by atoms with Crippen molar-refractivity contribution < 1.29 is 4.79 Å². The molecule has 5 nitrogen and oxygen atoms in total. The van der Waals surface area contributed by atoms with Gasteiger partial charge in [-0.3, -0.25) is 4.79 Å². The fraction of sp³-hybridized carbons (Fsp3) is 0.619. The van der Waals surface area contributed by atoms with Gasteiger partial charge in [-0.2, -0.15) is 0 Å². The van der Waals surface area contributed by atoms with Gasteiger partial charge in [0.25, 0.3) is 5.91 Å². The molecule has 1 unspecified atom stereocenters. The summed E-state index contributed by atoms with van der Waals surface area (Å²) >= 11 is 0. The van der Waals surface area contributed by atoms with Gasteiger partial charge in [-0.05, 0) is 43.9 Å². The Morgan fingerprint density at radius 2 is 1.77 bits per heavy atom. The topological polar surface area (TPSA) is 56.7 Å². The first-order valence-electron chi connectivity index (χ1n) is 9.68. The maximum Gasteiger partial charge on any atom is 0.253 e. The summed E-state index contributed by atoms with van der Waals surface area (Å²) in [4.78, 5) is 18.2. The van der Waals surface area contributed by atoms with E-state index < -0.39 is 0 Å². The van der Waals surface area contributed by atoms with Crippen LogP contribution in [0, 0.1) is 5.92 Å². The molecule has 0 aromatic heterocycles. The minimum atomic E-state index is 0.0188. The van der Waals surface area contributed by atoms with Crippen molar-refractivity contribution in [3.8, 4) is 0 Å². The largest absolute Gasteiger partial charge is 0.357 e. The third kappa shape index (κ3) is 8.37. The highest BCUT2D eigenvalue weighted by Crippen LogP contribution is 2.09. The highest BCUT2D eigenvalue weighted by molar-refractivity contribution is 5.93. The van der Waals surface area contributed by atoms with Gasteiger partial charge < -0.3 is 15.5 Å². The van der Waals surface area contributed by atoms with E-state index >= 15 is 0 Å². The second-order valence-corrected chi connectivity index (χ2v) is 7.46. The van der Waals surface area contributed by atoms with Gasteiger partial charge in [0.1, 0.15) is 0 Å². The first-order valence-corrected chi connectivity index (χ1v) is 9.68. The average molecular weight is 361 g/mol. The van der Waals surface area contributed by atoms with E-state index in [0.29, 0.717) is 18.2 Å². The predicted octanol–water partition coefficient (Wildman–Crippen LogP) is 3.66. The molecule has 0 radical (unpaired) electrons. The SMILES string of the molecule is CCNC(=NCc1ccc(C(=O)N(C)C)cc1)NC(C)CCCC(C)C. The molecule has 1 amide bonds. The maximum absolute atomic E-state index is 11.9. The lowest BCUT2D eigenvalue weighted by Gasteiger charge is -2.18. The Hall–Kier alpha value is -2.04. The summed E-state index contributed by atoms with van der Waals surface area (Å²) in [7, 11) is 3.52. The number of hydrogen-bond acceptors (Lipinski definition) is 2. The normalized spacial score (nSPS) is 12.8. The van der Waals surface area contributed by atoms with Gasteiger partial charge in [0.15, 0.2) is 5.96 Å². The van der Waals surface area contributed by atoms with Gasteiger partial charge in [0.2, 0.25) is 0 Å². The molecule has 0 heterocycles. The van der Waals surface area contributed by atoms with Crippen LogP contribution in [0.3, 0.4) is 0 Å². The molecule has 1 rings (SSSR count). The van der Waals surface area contributed by atoms with E-state index in [-0.39, 0.29) is 5.91 Å². The molecule has 2 N–H and O–H groups in total. The monoisotopic (exact) mass is 360 g/mol. The van der Waals surface area contributed by atoms with E-state index in [1.54, 1.807) is 19.0 Å². The summed E-state index contributed by atoms with van der Waals surface area (Å²) in [6.45, 7) is 10.2. The minimum absolute atomic E-state index is 0.0188. The van der Waals surface area contributed by atoms with Crippen molar-refractivity contribution in [2.24, 2.45) is 10.9 Å². The minimum Gasteiger partial charge on any atom is -0.357 e. The van der Waals surface area contributed by atoms with Crippen LogP contribution < -0.4 is 10.6 Å². The third-order valence-corrected chi connectivity index (χ3v) is 4.17. The van der Waals surface area contributed by atoms with Crippen molar-refractivity contribution in [2.75, 3.05) is 20.6 Å². The first-order chi connectivity index (χ1) is 12.3. The Balaban J connectivity index is 2.61. The van der Waals surface area contributed by atoms with Crippen LogP contribution in [-0.2, 0) is 6.54 Å². The van der Waals surface area contributed by atoms with E-state index in [4.69, 9.17) is 0 Å². The Morgan fingerprint density at radius 1 is 1.12 bits per heavy atom. The van der Waals surface area contributed by atoms with E-state index in [1.807, 2.05) is 24.3 Å². The van der Waals surface area contributed by atoms with Gasteiger partial charge in [-0.25, -0.2) is 4.99 Å². The summed E-state index contributed by atoms with van der Waals surface area (Å²) < 4.78 is 0. The second kappa shape index (κ2) is 11.6. The molecular formula is C21H36N4O. The lowest BCUT2D eigenvalue weighted by atomic mass is 10.0. The van der Waals surface area contributed by atoms with E-state index in [2.05, 4.69) is 43.3 Å². The molecule has 0 spiro atoms. The molecule has 0 saturated carbocycles. The number of nitrogens with one attached hydrogen (secondary N) is 2. The van der Waals surface area contributed by atoms with Gasteiger partial charge in [-0.15, -0.1) is 0 Å². The molecular weight excluding hydrogens is 324 g/mol. The van der Waals surface area contributed by atoms with Crippen LogP contribution in [0.2, 0.25) is 0 Å². The predicted molar refractivity (Wildman–Crippen MR) is 111 cm³/mol. The molecule has 26 heavy (non-hydrogen) atoms. The molecule has 146 valence electrons. The molecule has 0 aliphatic carbocycles. The number of rotatable bonds is 9. The fourth-order valence-corrected chi connectivity index (χ4v) is 2.64. The van der Waals surface area contributed by atoms with Gasteiger partial charge in [0, 0.05) is 32.2 Å². The lowest BCUT2D eigenvalue weighted by molar-refractivity contribution is 0.0827. The second-order valence-electron chi connectivity index (χ2n) is 7.46. The Kier molecular flexibility index (Phi) is 9.78. The summed E-state index contributed by atoms with van der Waals surface area (Å²) in [5.41, 5.74) is 1.79. The molecule has 0 aliphatic rings. The van der Waals surface area contributed by atoms with Crippen LogP contribution in [0.25, 0.3) is 0 Å². The quantitative estimate of drug-likeness (QED) is 0.522. The summed E-state index contributed by atoms with van der Waals surface area (Å²) in [6.07, 6.45) is 3.63. The molecule has 0 saturated heterocycles. The van der Waals surface area contributed by atoms with Crippen molar-refractivity contribution in [3.63, 3.8) is 0 Å². The van der Waals surface area contributed by atoms with Crippen LogP contribution in [0.15, 0.2) is 29.3 Å². The zero-order valence-electron chi connectivity index (χ0n) is 17.3. The molecule has 0 bridgehead atoms. The van der Waals surface area contributed by atoms with Crippen molar-refractivity contribution in [2.45, 2.75) is 59.5 Å². The van der Waals surface area contributed by atoms with Crippen molar-refractivity contribution in [3.05, 3.63) is 35.4 Å². The van der Waals surface area contributed by atoms with Crippen molar-refractivity contribution in [1.82, 2.24) is 15.5 Å². The number of benzene rings is 1. The van der Waals surface area contributed by atoms with E-state index in [0.717, 1.165) is 30.4 Å². The number of guanidine groups is 1. The average Bonchev–Trinajstić information content (AvgIpc) is 2.59. The smallest absolute Gasteiger partial charge is 0.253 e. The van der Waals surface area contributed by atoms with E-state index in [1.165, 1.54) is 12.8 Å². The number of hydrogen-bond donors (Lipinski definition) is 2. The number of amides is 1. The number of aliphatic imine (C=N–C) groups is 1. The zero-order valence-corrected chi connectivity index (χ0v) is 17.3. The molecule has 5 heteroatoms. The number of carbonyl (C=O) groups excluding carboxylic acids is 1. The third-order valence-electron chi connectivity index (χ3n) is 4.17. The molecule has 1 aromatic carbocycles. The molecule has 0 aliphatic heterocycles. The number of nitrogens with zero attached hydrogens (tertiary/aromatic N) is 2.